The van der Waals surface area contributed by atoms with Gasteiger partial charge < -0.3 is 4.90 Å². The largest absolute Gasteiger partial charge is 0.375 e. The van der Waals surface area contributed by atoms with Crippen LogP contribution in [0.15, 0.2) is 12.3 Å². The van der Waals surface area contributed by atoms with E-state index in [4.69, 9.17) is 0 Å². The molecule has 1 aliphatic carbocycles. The highest BCUT2D eigenvalue weighted by molar-refractivity contribution is 4.98. The molecular weight excluding hydrogens is 134 g/mol. The monoisotopic (exact) mass is 151 g/mol. The highest BCUT2D eigenvalue weighted by atomic mass is 15.2. The first kappa shape index (κ1) is 7.20. The van der Waals surface area contributed by atoms with Gasteiger partial charge in [-0.25, -0.2) is 0 Å². The second-order valence-electron chi connectivity index (χ2n) is 4.09. The van der Waals surface area contributed by atoms with Crippen molar-refractivity contribution in [1.82, 2.24) is 4.90 Å². The first-order valence-electron chi connectivity index (χ1n) is 4.68. The molecular formula is C10H17N. The van der Waals surface area contributed by atoms with Crippen molar-refractivity contribution >= 4 is 0 Å². The Morgan fingerprint density at radius 2 is 1.82 bits per heavy atom. The molecule has 1 nitrogen and oxygen atoms in total. The van der Waals surface area contributed by atoms with Crippen LogP contribution in [-0.2, 0) is 0 Å². The Morgan fingerprint density at radius 3 is 2.27 bits per heavy atom. The standard InChI is InChI=1S/C10H17N/c1-8(2)11-6-9-4-3-5-10(9)7-11/h9-10H,1,3-7H2,2H3. The number of likely N-dealkylation sites (tertiary alicyclic amines) is 1. The molecule has 2 aliphatic rings. The summed E-state index contributed by atoms with van der Waals surface area (Å²) in [4.78, 5) is 2.45. The second kappa shape index (κ2) is 2.54. The molecule has 2 rings (SSSR count). The van der Waals surface area contributed by atoms with Gasteiger partial charge in [0, 0.05) is 18.8 Å². The summed E-state index contributed by atoms with van der Waals surface area (Å²) in [5, 5.41) is 0. The summed E-state index contributed by atoms with van der Waals surface area (Å²) in [6.07, 6.45) is 4.41. The van der Waals surface area contributed by atoms with Crippen molar-refractivity contribution in [2.75, 3.05) is 13.1 Å². The van der Waals surface area contributed by atoms with E-state index < -0.39 is 0 Å². The summed E-state index contributed by atoms with van der Waals surface area (Å²) >= 11 is 0. The second-order valence-corrected chi connectivity index (χ2v) is 4.09. The zero-order valence-corrected chi connectivity index (χ0v) is 7.34. The minimum absolute atomic E-state index is 1.01. The van der Waals surface area contributed by atoms with E-state index in [1.54, 1.807) is 0 Å². The van der Waals surface area contributed by atoms with Crippen LogP contribution >= 0.6 is 0 Å². The maximum Gasteiger partial charge on any atom is 0.0206 e. The van der Waals surface area contributed by atoms with E-state index >= 15 is 0 Å². The fourth-order valence-corrected chi connectivity index (χ4v) is 2.55. The van der Waals surface area contributed by atoms with Crippen LogP contribution in [0.3, 0.4) is 0 Å². The van der Waals surface area contributed by atoms with Crippen molar-refractivity contribution in [3.05, 3.63) is 12.3 Å². The third-order valence-electron chi connectivity index (χ3n) is 3.27. The van der Waals surface area contributed by atoms with E-state index in [-0.39, 0.29) is 0 Å². The van der Waals surface area contributed by atoms with Crippen molar-refractivity contribution in [1.29, 1.82) is 0 Å². The maximum absolute atomic E-state index is 3.99. The molecule has 1 saturated carbocycles. The third kappa shape index (κ3) is 1.17. The van der Waals surface area contributed by atoms with E-state index in [1.165, 1.54) is 38.0 Å². The van der Waals surface area contributed by atoms with Gasteiger partial charge in [0.1, 0.15) is 0 Å². The lowest BCUT2D eigenvalue weighted by molar-refractivity contribution is 0.390. The molecule has 1 aliphatic heterocycles. The van der Waals surface area contributed by atoms with E-state index in [0.29, 0.717) is 0 Å². The van der Waals surface area contributed by atoms with Crippen LogP contribution in [0.4, 0.5) is 0 Å². The lowest BCUT2D eigenvalue weighted by Gasteiger charge is -2.18. The number of allylic oxidation sites excluding steroid dienone is 1. The first-order valence-corrected chi connectivity index (χ1v) is 4.68. The van der Waals surface area contributed by atoms with Gasteiger partial charge in [-0.3, -0.25) is 0 Å². The summed E-state index contributed by atoms with van der Waals surface area (Å²) in [6, 6.07) is 0. The van der Waals surface area contributed by atoms with Crippen LogP contribution in [0, 0.1) is 11.8 Å². The number of nitrogens with zero attached hydrogens (tertiary/aromatic N) is 1. The summed E-state index contributed by atoms with van der Waals surface area (Å²) < 4.78 is 0. The predicted molar refractivity (Wildman–Crippen MR) is 47.2 cm³/mol. The van der Waals surface area contributed by atoms with Gasteiger partial charge in [0.15, 0.2) is 0 Å². The van der Waals surface area contributed by atoms with Crippen LogP contribution < -0.4 is 0 Å². The molecule has 2 atom stereocenters. The van der Waals surface area contributed by atoms with Gasteiger partial charge in [-0.15, -0.1) is 0 Å². The van der Waals surface area contributed by atoms with Crippen molar-refractivity contribution in [3.63, 3.8) is 0 Å². The van der Waals surface area contributed by atoms with Crippen molar-refractivity contribution < 1.29 is 0 Å². The van der Waals surface area contributed by atoms with E-state index in [9.17, 15) is 0 Å². The number of hydrogen-bond donors (Lipinski definition) is 0. The van der Waals surface area contributed by atoms with Gasteiger partial charge >= 0.3 is 0 Å². The lowest BCUT2D eigenvalue weighted by Crippen LogP contribution is -2.18. The molecule has 2 fully saturated rings. The number of hydrogen-bond acceptors (Lipinski definition) is 1. The molecule has 62 valence electrons. The van der Waals surface area contributed by atoms with Crippen LogP contribution in [0.25, 0.3) is 0 Å². The topological polar surface area (TPSA) is 3.24 Å². The van der Waals surface area contributed by atoms with Gasteiger partial charge in [0.05, 0.1) is 0 Å². The predicted octanol–water partition coefficient (Wildman–Crippen LogP) is 2.25. The fourth-order valence-electron chi connectivity index (χ4n) is 2.55. The molecule has 1 heterocycles. The molecule has 0 N–H and O–H groups in total. The normalized spacial score (nSPS) is 35.9. The molecule has 1 heteroatoms. The van der Waals surface area contributed by atoms with Crippen LogP contribution in [0.1, 0.15) is 26.2 Å². The highest BCUT2D eigenvalue weighted by Gasteiger charge is 2.35. The molecule has 0 spiro atoms. The smallest absolute Gasteiger partial charge is 0.0206 e. The molecule has 0 radical (unpaired) electrons. The Balaban J connectivity index is 1.99. The van der Waals surface area contributed by atoms with E-state index in [2.05, 4.69) is 18.4 Å². The SMILES string of the molecule is C=C(C)N1CC2CCCC2C1. The molecule has 0 aromatic heterocycles. The van der Waals surface area contributed by atoms with Crippen LogP contribution in [0.5, 0.6) is 0 Å². The quantitative estimate of drug-likeness (QED) is 0.555. The first-order chi connectivity index (χ1) is 5.27. The molecule has 0 amide bonds. The Labute approximate surface area is 69.1 Å². The Kier molecular flexibility index (Phi) is 1.67. The highest BCUT2D eigenvalue weighted by Crippen LogP contribution is 2.38. The molecule has 0 bridgehead atoms. The third-order valence-corrected chi connectivity index (χ3v) is 3.27. The van der Waals surface area contributed by atoms with Gasteiger partial charge in [-0.05, 0) is 31.6 Å². The van der Waals surface area contributed by atoms with Gasteiger partial charge in [0.25, 0.3) is 0 Å². The van der Waals surface area contributed by atoms with Gasteiger partial charge in [0.2, 0.25) is 0 Å². The summed E-state index contributed by atoms with van der Waals surface area (Å²) in [5.74, 6) is 2.01. The summed E-state index contributed by atoms with van der Waals surface area (Å²) in [6.45, 7) is 8.70. The number of rotatable bonds is 1. The average molecular weight is 151 g/mol. The lowest BCUT2D eigenvalue weighted by atomic mass is 10.0. The van der Waals surface area contributed by atoms with Crippen molar-refractivity contribution in [2.45, 2.75) is 26.2 Å². The molecule has 1 saturated heterocycles. The minimum atomic E-state index is 1.01. The van der Waals surface area contributed by atoms with Gasteiger partial charge in [-0.1, -0.05) is 13.0 Å². The zero-order valence-electron chi connectivity index (χ0n) is 7.34. The van der Waals surface area contributed by atoms with Crippen LogP contribution in [-0.4, -0.2) is 18.0 Å². The summed E-state index contributed by atoms with van der Waals surface area (Å²) in [7, 11) is 0. The van der Waals surface area contributed by atoms with Gasteiger partial charge in [-0.2, -0.15) is 0 Å². The Morgan fingerprint density at radius 1 is 1.27 bits per heavy atom. The average Bonchev–Trinajstić information content (AvgIpc) is 2.40. The minimum Gasteiger partial charge on any atom is -0.375 e. The maximum atomic E-state index is 3.99. The molecule has 0 aromatic rings. The fraction of sp³-hybridized carbons (Fsp3) is 0.800. The Bertz CT molecular complexity index is 162. The van der Waals surface area contributed by atoms with E-state index in [1.807, 2.05) is 0 Å². The van der Waals surface area contributed by atoms with Crippen molar-refractivity contribution in [3.8, 4) is 0 Å². The molecule has 0 aromatic carbocycles. The van der Waals surface area contributed by atoms with Crippen LogP contribution in [0.2, 0.25) is 0 Å². The Hall–Kier alpha value is -0.460. The van der Waals surface area contributed by atoms with E-state index in [0.717, 1.165) is 11.8 Å². The molecule has 2 unspecified atom stereocenters. The molecule has 11 heavy (non-hydrogen) atoms. The van der Waals surface area contributed by atoms with Crippen molar-refractivity contribution in [2.24, 2.45) is 11.8 Å². The zero-order chi connectivity index (χ0) is 7.84. The summed E-state index contributed by atoms with van der Waals surface area (Å²) in [5.41, 5.74) is 1.26. The number of fused-ring (bicyclic) bond motifs is 1.